The first-order chi connectivity index (χ1) is 6.40. The third kappa shape index (κ3) is 1.54. The van der Waals surface area contributed by atoms with Crippen molar-refractivity contribution < 1.29 is 9.63 Å². The van der Waals surface area contributed by atoms with E-state index in [1.165, 1.54) is 5.06 Å². The second-order valence-corrected chi connectivity index (χ2v) is 2.74. The second kappa shape index (κ2) is 3.31. The van der Waals surface area contributed by atoms with Crippen molar-refractivity contribution in [2.45, 2.75) is 0 Å². The van der Waals surface area contributed by atoms with Crippen molar-refractivity contribution in [3.8, 4) is 5.75 Å². The van der Waals surface area contributed by atoms with Gasteiger partial charge in [-0.15, -0.1) is 0 Å². The lowest BCUT2D eigenvalue weighted by Crippen LogP contribution is -2.25. The van der Waals surface area contributed by atoms with Crippen LogP contribution >= 0.6 is 0 Å². The first-order valence-electron chi connectivity index (χ1n) is 4.05. The smallest absolute Gasteiger partial charge is 0.242 e. The minimum atomic E-state index is 0.484. The second-order valence-electron chi connectivity index (χ2n) is 2.74. The average molecular weight is 175 g/mol. The number of carbonyl (C=O) groups is 1. The summed E-state index contributed by atoms with van der Waals surface area (Å²) in [4.78, 5) is 15.8. The van der Waals surface area contributed by atoms with Crippen LogP contribution in [0.5, 0.6) is 5.75 Å². The van der Waals surface area contributed by atoms with Gasteiger partial charge < -0.3 is 4.84 Å². The van der Waals surface area contributed by atoms with E-state index in [0.29, 0.717) is 18.7 Å². The summed E-state index contributed by atoms with van der Waals surface area (Å²) in [5.41, 5.74) is 0.992. The number of amides is 1. The molecular weight excluding hydrogens is 166 g/mol. The van der Waals surface area contributed by atoms with E-state index in [2.05, 4.69) is 0 Å². The highest BCUT2D eigenvalue weighted by molar-refractivity contribution is 5.59. The molecule has 0 fully saturated rings. The molecule has 1 amide bonds. The lowest BCUT2D eigenvalue weighted by Gasteiger charge is -2.14. The molecule has 0 N–H and O–H groups in total. The van der Waals surface area contributed by atoms with E-state index in [1.807, 2.05) is 36.4 Å². The van der Waals surface area contributed by atoms with Crippen molar-refractivity contribution in [2.75, 3.05) is 6.54 Å². The number of fused-ring (bicyclic) bond motifs is 1. The minimum Gasteiger partial charge on any atom is -0.376 e. The highest BCUT2D eigenvalue weighted by Crippen LogP contribution is 2.21. The van der Waals surface area contributed by atoms with Crippen LogP contribution in [0.4, 0.5) is 0 Å². The molecule has 13 heavy (non-hydrogen) atoms. The Balaban J connectivity index is 2.37. The Morgan fingerprint density at radius 2 is 2.23 bits per heavy atom. The van der Waals surface area contributed by atoms with Gasteiger partial charge in [0.1, 0.15) is 0 Å². The van der Waals surface area contributed by atoms with Crippen LogP contribution < -0.4 is 4.84 Å². The molecule has 1 aromatic carbocycles. The van der Waals surface area contributed by atoms with Gasteiger partial charge in [0.25, 0.3) is 0 Å². The van der Waals surface area contributed by atoms with E-state index in [1.54, 1.807) is 0 Å². The molecular formula is C10H9NO2. The average Bonchev–Trinajstić information content (AvgIpc) is 2.38. The fraction of sp³-hybridized carbons (Fsp3) is 0.100. The van der Waals surface area contributed by atoms with Gasteiger partial charge in [-0.25, -0.2) is 0 Å². The summed E-state index contributed by atoms with van der Waals surface area (Å²) in [5.74, 6) is 0.711. The Morgan fingerprint density at radius 1 is 1.38 bits per heavy atom. The van der Waals surface area contributed by atoms with E-state index >= 15 is 0 Å². The van der Waals surface area contributed by atoms with Gasteiger partial charge in [-0.05, 0) is 6.07 Å². The first-order valence-corrected chi connectivity index (χ1v) is 4.05. The molecule has 3 heteroatoms. The van der Waals surface area contributed by atoms with Crippen LogP contribution in [0.15, 0.2) is 30.3 Å². The van der Waals surface area contributed by atoms with Crippen LogP contribution in [-0.2, 0) is 4.79 Å². The molecule has 66 valence electrons. The topological polar surface area (TPSA) is 29.5 Å². The number of hydrogen-bond acceptors (Lipinski definition) is 2. The van der Waals surface area contributed by atoms with Gasteiger partial charge in [0, 0.05) is 5.56 Å². The van der Waals surface area contributed by atoms with Crippen LogP contribution in [0, 0.1) is 0 Å². The van der Waals surface area contributed by atoms with E-state index < -0.39 is 0 Å². The van der Waals surface area contributed by atoms with E-state index in [-0.39, 0.29) is 0 Å². The summed E-state index contributed by atoms with van der Waals surface area (Å²) in [6.45, 7) is 0.484. The summed E-state index contributed by atoms with van der Waals surface area (Å²) in [7, 11) is 0. The van der Waals surface area contributed by atoms with Crippen LogP contribution in [0.2, 0.25) is 0 Å². The Kier molecular flexibility index (Phi) is 2.00. The molecule has 0 aliphatic carbocycles. The van der Waals surface area contributed by atoms with Crippen LogP contribution in [-0.4, -0.2) is 18.0 Å². The molecule has 3 nitrogen and oxygen atoms in total. The number of hydrogen-bond donors (Lipinski definition) is 0. The number of benzene rings is 1. The molecule has 0 unspecified atom stereocenters. The van der Waals surface area contributed by atoms with E-state index in [9.17, 15) is 4.79 Å². The van der Waals surface area contributed by atoms with Crippen molar-refractivity contribution in [1.29, 1.82) is 0 Å². The number of nitrogens with zero attached hydrogens (tertiary/aromatic N) is 1. The van der Waals surface area contributed by atoms with Crippen molar-refractivity contribution in [3.05, 3.63) is 35.9 Å². The maximum atomic E-state index is 10.5. The zero-order valence-corrected chi connectivity index (χ0v) is 7.01. The van der Waals surface area contributed by atoms with Crippen molar-refractivity contribution >= 4 is 12.5 Å². The highest BCUT2D eigenvalue weighted by Gasteiger charge is 2.08. The molecule has 0 spiro atoms. The number of carbonyl (C=O) groups excluding carboxylic acids is 1. The molecule has 1 aromatic rings. The SMILES string of the molecule is O=CN1CC=Cc2ccccc2O1. The predicted molar refractivity (Wildman–Crippen MR) is 48.9 cm³/mol. The van der Waals surface area contributed by atoms with Gasteiger partial charge >= 0.3 is 0 Å². The van der Waals surface area contributed by atoms with Crippen LogP contribution in [0.3, 0.4) is 0 Å². The fourth-order valence-electron chi connectivity index (χ4n) is 1.21. The molecule has 0 saturated carbocycles. The third-order valence-electron chi connectivity index (χ3n) is 1.83. The quantitative estimate of drug-likeness (QED) is 0.605. The maximum absolute atomic E-state index is 10.5. The van der Waals surface area contributed by atoms with Gasteiger partial charge in [0.15, 0.2) is 5.75 Å². The standard InChI is InChI=1S/C10H9NO2/c12-8-11-7-3-5-9-4-1-2-6-10(9)13-11/h1-6,8H,7H2. The molecule has 0 saturated heterocycles. The molecule has 0 atom stereocenters. The zero-order chi connectivity index (χ0) is 9.10. The number of hydroxylamine groups is 2. The lowest BCUT2D eigenvalue weighted by molar-refractivity contribution is -0.139. The van der Waals surface area contributed by atoms with Gasteiger partial charge in [-0.3, -0.25) is 4.79 Å². The summed E-state index contributed by atoms with van der Waals surface area (Å²) in [5, 5.41) is 1.25. The first kappa shape index (κ1) is 7.86. The van der Waals surface area contributed by atoms with Crippen LogP contribution in [0.25, 0.3) is 6.08 Å². The normalized spacial score (nSPS) is 14.3. The van der Waals surface area contributed by atoms with Gasteiger partial charge in [-0.1, -0.05) is 30.4 Å². The highest BCUT2D eigenvalue weighted by atomic mass is 16.7. The van der Waals surface area contributed by atoms with E-state index in [4.69, 9.17) is 4.84 Å². The van der Waals surface area contributed by atoms with Gasteiger partial charge in [0.05, 0.1) is 6.54 Å². The molecule has 1 heterocycles. The van der Waals surface area contributed by atoms with Crippen molar-refractivity contribution in [1.82, 2.24) is 5.06 Å². The largest absolute Gasteiger partial charge is 0.376 e. The number of rotatable bonds is 1. The summed E-state index contributed by atoms with van der Waals surface area (Å²) >= 11 is 0. The Hall–Kier alpha value is -1.77. The minimum absolute atomic E-state index is 0.484. The zero-order valence-electron chi connectivity index (χ0n) is 7.01. The molecule has 2 rings (SSSR count). The van der Waals surface area contributed by atoms with Gasteiger partial charge in [0.2, 0.25) is 6.41 Å². The number of para-hydroxylation sites is 1. The fourth-order valence-corrected chi connectivity index (χ4v) is 1.21. The molecule has 1 aliphatic rings. The summed E-state index contributed by atoms with van der Waals surface area (Å²) in [6, 6.07) is 7.59. The van der Waals surface area contributed by atoms with Crippen molar-refractivity contribution in [2.24, 2.45) is 0 Å². The molecule has 1 aliphatic heterocycles. The molecule has 0 bridgehead atoms. The third-order valence-corrected chi connectivity index (χ3v) is 1.83. The predicted octanol–water partition coefficient (Wildman–Crippen LogP) is 1.47. The van der Waals surface area contributed by atoms with Crippen LogP contribution in [0.1, 0.15) is 5.56 Å². The van der Waals surface area contributed by atoms with E-state index in [0.717, 1.165) is 5.56 Å². The van der Waals surface area contributed by atoms with Crippen molar-refractivity contribution in [3.63, 3.8) is 0 Å². The maximum Gasteiger partial charge on any atom is 0.242 e. The lowest BCUT2D eigenvalue weighted by atomic mass is 10.2. The molecule has 0 radical (unpaired) electrons. The molecule has 0 aromatic heterocycles. The Bertz CT molecular complexity index is 347. The monoisotopic (exact) mass is 175 g/mol. The summed E-state index contributed by atoms with van der Waals surface area (Å²) < 4.78 is 0. The Labute approximate surface area is 76.2 Å². The summed E-state index contributed by atoms with van der Waals surface area (Å²) in [6.07, 6.45) is 4.51. The van der Waals surface area contributed by atoms with Gasteiger partial charge in [-0.2, -0.15) is 5.06 Å². The Morgan fingerprint density at radius 3 is 3.08 bits per heavy atom.